The summed E-state index contributed by atoms with van der Waals surface area (Å²) < 4.78 is 38.0. The zero-order valence-corrected chi connectivity index (χ0v) is 19.9. The van der Waals surface area contributed by atoms with E-state index in [0.29, 0.717) is 23.6 Å². The van der Waals surface area contributed by atoms with Gasteiger partial charge in [0, 0.05) is 37.1 Å². The van der Waals surface area contributed by atoms with E-state index in [-0.39, 0.29) is 30.5 Å². The summed E-state index contributed by atoms with van der Waals surface area (Å²) in [5, 5.41) is 8.07. The molecule has 10 heteroatoms. The Balaban J connectivity index is 0.00000300. The number of thiazole rings is 1. The molecule has 1 aliphatic carbocycles. The van der Waals surface area contributed by atoms with Gasteiger partial charge in [0.05, 0.1) is 6.54 Å². The molecule has 0 spiro atoms. The fourth-order valence-electron chi connectivity index (χ4n) is 4.03. The molecule has 0 atom stereocenters. The second-order valence-corrected chi connectivity index (χ2v) is 8.51. The number of alkyl halides is 3. The number of nitrogens with one attached hydrogen (secondary N) is 2. The third-order valence-electron chi connectivity index (χ3n) is 5.52. The van der Waals surface area contributed by atoms with E-state index in [9.17, 15) is 13.2 Å². The lowest BCUT2D eigenvalue weighted by Gasteiger charge is -2.39. The molecular weight excluding hydrogens is 514 g/mol. The molecule has 0 unspecified atom stereocenters. The van der Waals surface area contributed by atoms with Gasteiger partial charge in [-0.15, -0.1) is 35.3 Å². The number of aromatic nitrogens is 1. The van der Waals surface area contributed by atoms with Gasteiger partial charge in [-0.25, -0.2) is 9.98 Å². The van der Waals surface area contributed by atoms with Crippen molar-refractivity contribution in [3.8, 4) is 0 Å². The third kappa shape index (κ3) is 7.54. The number of piperidine rings is 1. The molecular formula is C19H31F3IN5S. The zero-order valence-electron chi connectivity index (χ0n) is 16.8. The molecule has 166 valence electrons. The highest BCUT2D eigenvalue weighted by molar-refractivity contribution is 14.0. The van der Waals surface area contributed by atoms with E-state index in [1.165, 1.54) is 32.1 Å². The molecule has 0 bridgehead atoms. The molecule has 0 aromatic carbocycles. The standard InChI is InChI=1S/C19H30F3N5S.HI/c1-2-23-18(24-12-17-26-16(13-28-17)19(20,21)22)25-14-8-10-27(11-9-14)15-6-4-3-5-7-15;/h13-15H,2-12H2,1H3,(H2,23,24,25);1H. The Labute approximate surface area is 192 Å². The molecule has 2 heterocycles. The molecule has 2 fully saturated rings. The van der Waals surface area contributed by atoms with Gasteiger partial charge in [0.25, 0.3) is 0 Å². The van der Waals surface area contributed by atoms with Gasteiger partial charge in [-0.1, -0.05) is 19.3 Å². The van der Waals surface area contributed by atoms with E-state index in [4.69, 9.17) is 0 Å². The van der Waals surface area contributed by atoms with Crippen LogP contribution in [0.3, 0.4) is 0 Å². The maximum absolute atomic E-state index is 12.7. The van der Waals surface area contributed by atoms with Gasteiger partial charge in [0.2, 0.25) is 0 Å². The third-order valence-corrected chi connectivity index (χ3v) is 6.35. The lowest BCUT2D eigenvalue weighted by Crippen LogP contribution is -2.50. The molecule has 1 aromatic rings. The number of aliphatic imine (C=N–C) groups is 1. The Kier molecular flexibility index (Phi) is 9.93. The van der Waals surface area contributed by atoms with Crippen LogP contribution in [-0.2, 0) is 12.7 Å². The largest absolute Gasteiger partial charge is 0.434 e. The Morgan fingerprint density at radius 3 is 2.48 bits per heavy atom. The minimum atomic E-state index is -4.40. The first-order chi connectivity index (χ1) is 13.5. The van der Waals surface area contributed by atoms with Gasteiger partial charge in [0.15, 0.2) is 11.7 Å². The lowest BCUT2D eigenvalue weighted by atomic mass is 9.92. The highest BCUT2D eigenvalue weighted by atomic mass is 127. The number of guanidine groups is 1. The molecule has 1 aromatic heterocycles. The van der Waals surface area contributed by atoms with Crippen LogP contribution in [0.15, 0.2) is 10.4 Å². The first-order valence-corrected chi connectivity index (χ1v) is 11.1. The second kappa shape index (κ2) is 11.7. The predicted molar refractivity (Wildman–Crippen MR) is 122 cm³/mol. The average Bonchev–Trinajstić information content (AvgIpc) is 3.17. The van der Waals surface area contributed by atoms with Crippen molar-refractivity contribution in [2.45, 2.75) is 76.7 Å². The monoisotopic (exact) mass is 545 g/mol. The van der Waals surface area contributed by atoms with Gasteiger partial charge in [-0.05, 0) is 32.6 Å². The summed E-state index contributed by atoms with van der Waals surface area (Å²) in [6.45, 7) is 5.04. The van der Waals surface area contributed by atoms with Crippen LogP contribution in [0.4, 0.5) is 13.2 Å². The molecule has 1 saturated carbocycles. The van der Waals surface area contributed by atoms with Crippen molar-refractivity contribution in [2.24, 2.45) is 4.99 Å². The van der Waals surface area contributed by atoms with E-state index >= 15 is 0 Å². The number of rotatable bonds is 5. The van der Waals surface area contributed by atoms with Crippen LogP contribution in [-0.4, -0.2) is 47.6 Å². The van der Waals surface area contributed by atoms with Crippen molar-refractivity contribution in [1.29, 1.82) is 0 Å². The number of hydrogen-bond donors (Lipinski definition) is 2. The summed E-state index contributed by atoms with van der Waals surface area (Å²) in [5.74, 6) is 0.655. The molecule has 2 aliphatic rings. The molecule has 29 heavy (non-hydrogen) atoms. The van der Waals surface area contributed by atoms with Gasteiger partial charge in [-0.2, -0.15) is 13.2 Å². The van der Waals surface area contributed by atoms with Gasteiger partial charge >= 0.3 is 6.18 Å². The highest BCUT2D eigenvalue weighted by Gasteiger charge is 2.33. The van der Waals surface area contributed by atoms with Crippen LogP contribution in [0.5, 0.6) is 0 Å². The summed E-state index contributed by atoms with van der Waals surface area (Å²) in [6, 6.07) is 1.10. The van der Waals surface area contributed by atoms with Crippen molar-refractivity contribution in [3.05, 3.63) is 16.1 Å². The molecule has 0 amide bonds. The van der Waals surface area contributed by atoms with E-state index in [1.54, 1.807) is 0 Å². The van der Waals surface area contributed by atoms with Crippen LogP contribution in [0, 0.1) is 0 Å². The summed E-state index contributed by atoms with van der Waals surface area (Å²) in [4.78, 5) is 10.7. The van der Waals surface area contributed by atoms with Gasteiger partial charge < -0.3 is 15.5 Å². The Morgan fingerprint density at radius 1 is 1.21 bits per heavy atom. The molecule has 5 nitrogen and oxygen atoms in total. The molecule has 2 N–H and O–H groups in total. The molecule has 1 saturated heterocycles. The number of nitrogens with zero attached hydrogens (tertiary/aromatic N) is 3. The van der Waals surface area contributed by atoms with E-state index in [2.05, 4.69) is 25.5 Å². The van der Waals surface area contributed by atoms with Crippen LogP contribution in [0.2, 0.25) is 0 Å². The van der Waals surface area contributed by atoms with Crippen molar-refractivity contribution in [3.63, 3.8) is 0 Å². The first kappa shape index (κ1) is 24.6. The number of halogens is 4. The Bertz CT molecular complexity index is 638. The lowest BCUT2D eigenvalue weighted by molar-refractivity contribution is -0.140. The van der Waals surface area contributed by atoms with Crippen LogP contribution in [0.25, 0.3) is 0 Å². The topological polar surface area (TPSA) is 52.6 Å². The normalized spacial score (nSPS) is 20.3. The highest BCUT2D eigenvalue weighted by Crippen LogP contribution is 2.30. The van der Waals surface area contributed by atoms with Crippen molar-refractivity contribution < 1.29 is 13.2 Å². The van der Waals surface area contributed by atoms with Crippen LogP contribution >= 0.6 is 35.3 Å². The van der Waals surface area contributed by atoms with Crippen LogP contribution in [0.1, 0.15) is 62.6 Å². The van der Waals surface area contributed by atoms with Gasteiger partial charge in [-0.3, -0.25) is 0 Å². The fraction of sp³-hybridized carbons (Fsp3) is 0.789. The van der Waals surface area contributed by atoms with Crippen LogP contribution < -0.4 is 10.6 Å². The van der Waals surface area contributed by atoms with Crippen molar-refractivity contribution in [1.82, 2.24) is 20.5 Å². The summed E-state index contributed by atoms with van der Waals surface area (Å²) in [7, 11) is 0. The van der Waals surface area contributed by atoms with Crippen molar-refractivity contribution in [2.75, 3.05) is 19.6 Å². The first-order valence-electron chi connectivity index (χ1n) is 10.3. The summed E-state index contributed by atoms with van der Waals surface area (Å²) >= 11 is 0.998. The summed E-state index contributed by atoms with van der Waals surface area (Å²) in [6.07, 6.45) is 4.48. The van der Waals surface area contributed by atoms with Gasteiger partial charge in [0.1, 0.15) is 5.01 Å². The smallest absolute Gasteiger partial charge is 0.357 e. The van der Waals surface area contributed by atoms with Crippen molar-refractivity contribution >= 4 is 41.3 Å². The Hall–Kier alpha value is -0.620. The number of hydrogen-bond acceptors (Lipinski definition) is 4. The minimum absolute atomic E-state index is 0. The predicted octanol–water partition coefficient (Wildman–Crippen LogP) is 4.63. The van der Waals surface area contributed by atoms with E-state index < -0.39 is 11.9 Å². The number of likely N-dealkylation sites (tertiary alicyclic amines) is 1. The van der Waals surface area contributed by atoms with E-state index in [0.717, 1.165) is 48.7 Å². The SMILES string of the molecule is CCNC(=NCc1nc(C(F)(F)F)cs1)NC1CCN(C2CCCCC2)CC1.I. The zero-order chi connectivity index (χ0) is 20.0. The maximum atomic E-state index is 12.7. The minimum Gasteiger partial charge on any atom is -0.357 e. The molecule has 0 radical (unpaired) electrons. The average molecular weight is 545 g/mol. The quantitative estimate of drug-likeness (QED) is 0.322. The molecule has 3 rings (SSSR count). The second-order valence-electron chi connectivity index (χ2n) is 7.57. The molecule has 1 aliphatic heterocycles. The maximum Gasteiger partial charge on any atom is 0.434 e. The summed E-state index contributed by atoms with van der Waals surface area (Å²) in [5.41, 5.74) is -0.837. The Morgan fingerprint density at radius 2 is 1.90 bits per heavy atom. The van der Waals surface area contributed by atoms with E-state index in [1.807, 2.05) is 6.92 Å². The fourth-order valence-corrected chi connectivity index (χ4v) is 4.75.